The summed E-state index contributed by atoms with van der Waals surface area (Å²) in [6.45, 7) is 4.53. The molecule has 0 amide bonds. The van der Waals surface area contributed by atoms with Crippen LogP contribution in [-0.4, -0.2) is 17.6 Å². The maximum Gasteiger partial charge on any atom is 0.126 e. The van der Waals surface area contributed by atoms with E-state index in [0.29, 0.717) is 12.3 Å². The second-order valence-corrected chi connectivity index (χ2v) is 4.43. The quantitative estimate of drug-likeness (QED) is 0.894. The van der Waals surface area contributed by atoms with Crippen molar-refractivity contribution in [1.82, 2.24) is 4.98 Å². The standard InChI is InChI=1S/C15H17FN2O/c1-11-4-3-5-15(18-11)17-10-12(2)19-14-8-6-13(16)7-9-14/h3-9,12H,10H2,1-2H3,(H,17,18). The SMILES string of the molecule is Cc1cccc(NCC(C)Oc2ccc(F)cc2)n1. The number of anilines is 1. The average Bonchev–Trinajstić information content (AvgIpc) is 2.39. The lowest BCUT2D eigenvalue weighted by Crippen LogP contribution is -2.23. The number of rotatable bonds is 5. The molecule has 0 saturated carbocycles. The highest BCUT2D eigenvalue weighted by atomic mass is 19.1. The molecule has 3 nitrogen and oxygen atoms in total. The molecule has 2 aromatic rings. The van der Waals surface area contributed by atoms with Crippen molar-refractivity contribution in [1.29, 1.82) is 0 Å². The molecule has 0 saturated heterocycles. The third-order valence-electron chi connectivity index (χ3n) is 2.61. The molecule has 100 valence electrons. The number of nitrogens with zero attached hydrogens (tertiary/aromatic N) is 1. The molecule has 0 aliphatic rings. The first-order valence-corrected chi connectivity index (χ1v) is 6.23. The van der Waals surface area contributed by atoms with Gasteiger partial charge in [0.05, 0.1) is 6.54 Å². The summed E-state index contributed by atoms with van der Waals surface area (Å²) in [5.74, 6) is 1.23. The van der Waals surface area contributed by atoms with Gasteiger partial charge in [-0.05, 0) is 50.2 Å². The van der Waals surface area contributed by atoms with Crippen molar-refractivity contribution in [2.45, 2.75) is 20.0 Å². The first kappa shape index (κ1) is 13.3. The molecule has 1 heterocycles. The van der Waals surface area contributed by atoms with E-state index in [1.807, 2.05) is 32.0 Å². The fraction of sp³-hybridized carbons (Fsp3) is 0.267. The molecule has 0 aliphatic carbocycles. The number of halogens is 1. The largest absolute Gasteiger partial charge is 0.489 e. The summed E-state index contributed by atoms with van der Waals surface area (Å²) in [6, 6.07) is 11.8. The van der Waals surface area contributed by atoms with Crippen LogP contribution in [0.3, 0.4) is 0 Å². The highest BCUT2D eigenvalue weighted by molar-refractivity contribution is 5.35. The summed E-state index contributed by atoms with van der Waals surface area (Å²) in [4.78, 5) is 4.35. The number of aryl methyl sites for hydroxylation is 1. The van der Waals surface area contributed by atoms with Crippen molar-refractivity contribution in [2.75, 3.05) is 11.9 Å². The highest BCUT2D eigenvalue weighted by Crippen LogP contribution is 2.13. The van der Waals surface area contributed by atoms with Crippen LogP contribution in [0.2, 0.25) is 0 Å². The van der Waals surface area contributed by atoms with E-state index >= 15 is 0 Å². The second-order valence-electron chi connectivity index (χ2n) is 4.43. The van der Waals surface area contributed by atoms with E-state index in [-0.39, 0.29) is 11.9 Å². The topological polar surface area (TPSA) is 34.1 Å². The van der Waals surface area contributed by atoms with E-state index in [1.165, 1.54) is 12.1 Å². The first-order valence-electron chi connectivity index (χ1n) is 6.23. The van der Waals surface area contributed by atoms with E-state index in [1.54, 1.807) is 12.1 Å². The van der Waals surface area contributed by atoms with Crippen molar-refractivity contribution in [3.05, 3.63) is 54.0 Å². The van der Waals surface area contributed by atoms with Gasteiger partial charge in [-0.25, -0.2) is 9.37 Å². The number of nitrogens with one attached hydrogen (secondary N) is 1. The number of aromatic nitrogens is 1. The first-order chi connectivity index (χ1) is 9.13. The van der Waals surface area contributed by atoms with Crippen LogP contribution in [0, 0.1) is 12.7 Å². The summed E-state index contributed by atoms with van der Waals surface area (Å²) < 4.78 is 18.4. The molecule has 19 heavy (non-hydrogen) atoms. The third kappa shape index (κ3) is 4.25. The molecule has 1 atom stereocenters. The predicted molar refractivity (Wildman–Crippen MR) is 74.0 cm³/mol. The number of hydrogen-bond acceptors (Lipinski definition) is 3. The zero-order valence-corrected chi connectivity index (χ0v) is 11.1. The Balaban J connectivity index is 1.84. The van der Waals surface area contributed by atoms with Crippen LogP contribution in [0.1, 0.15) is 12.6 Å². The smallest absolute Gasteiger partial charge is 0.126 e. The van der Waals surface area contributed by atoms with Crippen molar-refractivity contribution < 1.29 is 9.13 Å². The van der Waals surface area contributed by atoms with Gasteiger partial charge in [-0.1, -0.05) is 6.07 Å². The molecular formula is C15H17FN2O. The van der Waals surface area contributed by atoms with Crippen LogP contribution in [0.25, 0.3) is 0 Å². The fourth-order valence-corrected chi connectivity index (χ4v) is 1.68. The van der Waals surface area contributed by atoms with Crippen LogP contribution >= 0.6 is 0 Å². The highest BCUT2D eigenvalue weighted by Gasteiger charge is 2.04. The van der Waals surface area contributed by atoms with Crippen LogP contribution in [0.4, 0.5) is 10.2 Å². The number of ether oxygens (including phenoxy) is 1. The normalized spacial score (nSPS) is 11.9. The van der Waals surface area contributed by atoms with Gasteiger partial charge in [-0.15, -0.1) is 0 Å². The zero-order valence-electron chi connectivity index (χ0n) is 11.1. The van der Waals surface area contributed by atoms with Crippen molar-refractivity contribution in [3.8, 4) is 5.75 Å². The molecule has 1 aromatic heterocycles. The molecule has 2 rings (SSSR count). The van der Waals surface area contributed by atoms with E-state index in [9.17, 15) is 4.39 Å². The van der Waals surface area contributed by atoms with Gasteiger partial charge in [0.15, 0.2) is 0 Å². The predicted octanol–water partition coefficient (Wildman–Crippen LogP) is 3.41. The molecule has 1 N–H and O–H groups in total. The van der Waals surface area contributed by atoms with E-state index in [0.717, 1.165) is 11.5 Å². The molecule has 0 bridgehead atoms. The summed E-state index contributed by atoms with van der Waals surface area (Å²) in [6.07, 6.45) is -0.0345. The Labute approximate surface area is 112 Å². The van der Waals surface area contributed by atoms with Gasteiger partial charge in [0.2, 0.25) is 0 Å². The van der Waals surface area contributed by atoms with Gasteiger partial charge in [-0.3, -0.25) is 0 Å². The minimum Gasteiger partial charge on any atom is -0.489 e. The Bertz CT molecular complexity index is 528. The molecular weight excluding hydrogens is 243 g/mol. The Morgan fingerprint density at radius 3 is 2.63 bits per heavy atom. The Morgan fingerprint density at radius 1 is 1.21 bits per heavy atom. The summed E-state index contributed by atoms with van der Waals surface area (Å²) in [5.41, 5.74) is 0.970. The molecule has 0 fully saturated rings. The van der Waals surface area contributed by atoms with E-state index in [2.05, 4.69) is 10.3 Å². The van der Waals surface area contributed by atoms with Gasteiger partial charge < -0.3 is 10.1 Å². The van der Waals surface area contributed by atoms with Gasteiger partial charge in [0.1, 0.15) is 23.5 Å². The van der Waals surface area contributed by atoms with Crippen LogP contribution < -0.4 is 10.1 Å². The van der Waals surface area contributed by atoms with Crippen molar-refractivity contribution >= 4 is 5.82 Å². The number of benzene rings is 1. The third-order valence-corrected chi connectivity index (χ3v) is 2.61. The minimum absolute atomic E-state index is 0.0345. The van der Waals surface area contributed by atoms with Gasteiger partial charge in [-0.2, -0.15) is 0 Å². The number of hydrogen-bond donors (Lipinski definition) is 1. The van der Waals surface area contributed by atoms with E-state index in [4.69, 9.17) is 4.74 Å². The zero-order chi connectivity index (χ0) is 13.7. The van der Waals surface area contributed by atoms with Gasteiger partial charge in [0, 0.05) is 5.69 Å². The average molecular weight is 260 g/mol. The number of pyridine rings is 1. The maximum atomic E-state index is 12.8. The second kappa shape index (κ2) is 6.18. The van der Waals surface area contributed by atoms with Crippen LogP contribution in [0.15, 0.2) is 42.5 Å². The van der Waals surface area contributed by atoms with Gasteiger partial charge >= 0.3 is 0 Å². The van der Waals surface area contributed by atoms with Crippen LogP contribution in [-0.2, 0) is 0 Å². The van der Waals surface area contributed by atoms with Gasteiger partial charge in [0.25, 0.3) is 0 Å². The molecule has 1 aromatic carbocycles. The molecule has 0 radical (unpaired) electrons. The monoisotopic (exact) mass is 260 g/mol. The molecule has 1 unspecified atom stereocenters. The maximum absolute atomic E-state index is 12.8. The Kier molecular flexibility index (Phi) is 4.34. The summed E-state index contributed by atoms with van der Waals surface area (Å²) in [7, 11) is 0. The summed E-state index contributed by atoms with van der Waals surface area (Å²) >= 11 is 0. The molecule has 4 heteroatoms. The molecule has 0 aliphatic heterocycles. The summed E-state index contributed by atoms with van der Waals surface area (Å²) in [5, 5.41) is 3.21. The van der Waals surface area contributed by atoms with E-state index < -0.39 is 0 Å². The Hall–Kier alpha value is -2.10. The molecule has 0 spiro atoms. The lowest BCUT2D eigenvalue weighted by atomic mass is 10.3. The lowest BCUT2D eigenvalue weighted by Gasteiger charge is -2.15. The van der Waals surface area contributed by atoms with Crippen LogP contribution in [0.5, 0.6) is 5.75 Å². The van der Waals surface area contributed by atoms with Crippen molar-refractivity contribution in [3.63, 3.8) is 0 Å². The Morgan fingerprint density at radius 2 is 1.95 bits per heavy atom. The lowest BCUT2D eigenvalue weighted by molar-refractivity contribution is 0.234. The fourth-order valence-electron chi connectivity index (χ4n) is 1.68. The minimum atomic E-state index is -0.262. The van der Waals surface area contributed by atoms with Crippen molar-refractivity contribution in [2.24, 2.45) is 0 Å².